The molecule has 0 bridgehead atoms. The van der Waals surface area contributed by atoms with Gasteiger partial charge in [-0.1, -0.05) is 149 Å². The molecule has 2 aliphatic carbocycles. The van der Waals surface area contributed by atoms with Gasteiger partial charge in [-0.15, -0.1) is 0 Å². The molecule has 0 fully saturated rings. The fourth-order valence-electron chi connectivity index (χ4n) is 9.56. The number of hydrogen-bond donors (Lipinski definition) is 0. The van der Waals surface area contributed by atoms with Crippen LogP contribution in [0.4, 0.5) is 0 Å². The number of unbranched alkanes of at least 4 members (excludes halogenated alkanes) is 3. The molecule has 0 heterocycles. The molecule has 0 amide bonds. The van der Waals surface area contributed by atoms with Gasteiger partial charge in [-0.2, -0.15) is 0 Å². The van der Waals surface area contributed by atoms with Crippen LogP contribution < -0.4 is 0 Å². The SMILES string of the molecule is [3H]/C=C/c1ccc2c(c1)C(CCOCCOCCOC)(CCOCCOCCOC)c1cc(/C=C/c3ccc4c(c3)C(CCCC)(CCCCC)c3cc(C)ccc3-4)ccc1-2. The lowest BCUT2D eigenvalue weighted by atomic mass is 9.70. The number of ether oxygens (including phenoxy) is 6. The maximum atomic E-state index is 7.85. The second-order valence-corrected chi connectivity index (χ2v) is 16.6. The standard InChI is InChI=1S/C54H70O6/c1-7-10-12-24-53(23-11-8-2)49-37-41(4)13-19-45(49)47-21-17-43(39-51(47)53)14-15-44-18-22-48-46-20-16-42(9-3)38-50(46)54(52(48)40-44,25-27-57-33-35-59-31-29-55-5)26-28-58-34-36-60-32-30-56-6/h9,13-22,37-40H,3,7-8,10-12,23-36H2,1-2,4-6H3/b15-14+/i3T/b9-3+,15-14+. The minimum atomic E-state index is -0.358. The largest absolute Gasteiger partial charge is 0.382 e. The Labute approximate surface area is 362 Å². The molecule has 1 unspecified atom stereocenters. The summed E-state index contributed by atoms with van der Waals surface area (Å²) in [7, 11) is 3.36. The molecular weight excluding hydrogens is 745 g/mol. The number of hydrogen-bond acceptors (Lipinski definition) is 6. The molecule has 1 atom stereocenters. The summed E-state index contributed by atoms with van der Waals surface area (Å²) >= 11 is 0. The van der Waals surface area contributed by atoms with E-state index in [9.17, 15) is 0 Å². The number of aryl methyl sites for hydroxylation is 1. The van der Waals surface area contributed by atoms with Crippen molar-refractivity contribution in [1.82, 2.24) is 0 Å². The summed E-state index contributed by atoms with van der Waals surface area (Å²) in [6.07, 6.45) is 16.6. The van der Waals surface area contributed by atoms with Gasteiger partial charge in [0.05, 0.1) is 54.2 Å². The Bertz CT molecular complexity index is 2030. The highest BCUT2D eigenvalue weighted by molar-refractivity contribution is 5.86. The number of benzene rings is 4. The molecule has 0 radical (unpaired) electrons. The summed E-state index contributed by atoms with van der Waals surface area (Å²) in [5.41, 5.74) is 15.4. The zero-order chi connectivity index (χ0) is 42.9. The Balaban J connectivity index is 1.33. The van der Waals surface area contributed by atoms with Crippen molar-refractivity contribution in [3.05, 3.63) is 124 Å². The minimum Gasteiger partial charge on any atom is -0.382 e. The van der Waals surface area contributed by atoms with Crippen molar-refractivity contribution >= 4 is 18.2 Å². The molecule has 322 valence electrons. The van der Waals surface area contributed by atoms with E-state index in [4.69, 9.17) is 29.8 Å². The van der Waals surface area contributed by atoms with E-state index in [2.05, 4.69) is 106 Å². The molecule has 4 aromatic carbocycles. The van der Waals surface area contributed by atoms with Gasteiger partial charge >= 0.3 is 0 Å². The third-order valence-electron chi connectivity index (χ3n) is 12.7. The summed E-state index contributed by atoms with van der Waals surface area (Å²) in [5.74, 6) is 0. The second-order valence-electron chi connectivity index (χ2n) is 16.6. The Kier molecular flexibility index (Phi) is 16.8. The highest BCUT2D eigenvalue weighted by atomic mass is 16.5. The predicted octanol–water partition coefficient (Wildman–Crippen LogP) is 12.3. The average molecular weight is 817 g/mol. The fourth-order valence-corrected chi connectivity index (χ4v) is 9.56. The zero-order valence-corrected chi connectivity index (χ0v) is 37.1. The second kappa shape index (κ2) is 22.8. The number of rotatable bonds is 28. The number of fused-ring (bicyclic) bond motifs is 6. The van der Waals surface area contributed by atoms with E-state index >= 15 is 0 Å². The third-order valence-corrected chi connectivity index (χ3v) is 12.7. The van der Waals surface area contributed by atoms with Crippen molar-refractivity contribution < 1.29 is 29.8 Å². The van der Waals surface area contributed by atoms with E-state index in [0.717, 1.165) is 18.4 Å². The first-order chi connectivity index (χ1) is 29.9. The van der Waals surface area contributed by atoms with Crippen molar-refractivity contribution in [1.29, 1.82) is 0 Å². The quantitative estimate of drug-likeness (QED) is 0.0420. The van der Waals surface area contributed by atoms with Gasteiger partial charge in [0, 0.05) is 38.3 Å². The molecule has 6 heteroatoms. The van der Waals surface area contributed by atoms with Gasteiger partial charge in [0.2, 0.25) is 0 Å². The van der Waals surface area contributed by atoms with Gasteiger partial charge in [-0.25, -0.2) is 0 Å². The molecule has 0 spiro atoms. The van der Waals surface area contributed by atoms with Gasteiger partial charge < -0.3 is 28.4 Å². The van der Waals surface area contributed by atoms with E-state index < -0.39 is 0 Å². The predicted molar refractivity (Wildman–Crippen MR) is 249 cm³/mol. The van der Waals surface area contributed by atoms with E-state index in [1.807, 2.05) is 6.08 Å². The average Bonchev–Trinajstić information content (AvgIpc) is 3.69. The maximum Gasteiger partial charge on any atom is 0.0701 e. The molecule has 60 heavy (non-hydrogen) atoms. The number of methoxy groups -OCH3 is 2. The van der Waals surface area contributed by atoms with Gasteiger partial charge in [-0.05, 0) is 93.8 Å². The first-order valence-corrected chi connectivity index (χ1v) is 22.5. The van der Waals surface area contributed by atoms with Crippen LogP contribution in [0.1, 0.15) is 118 Å². The summed E-state index contributed by atoms with van der Waals surface area (Å²) in [5, 5.41) is 0. The van der Waals surface area contributed by atoms with Crippen molar-refractivity contribution in [2.24, 2.45) is 0 Å². The molecule has 0 saturated heterocycles. The first kappa shape index (κ1) is 44.2. The monoisotopic (exact) mass is 817 g/mol. The van der Waals surface area contributed by atoms with E-state index in [-0.39, 0.29) is 10.8 Å². The van der Waals surface area contributed by atoms with Gasteiger partial charge in [0.25, 0.3) is 0 Å². The Hall–Kier alpha value is -3.88. The summed E-state index contributed by atoms with van der Waals surface area (Å²) in [4.78, 5) is 0. The topological polar surface area (TPSA) is 55.4 Å². The van der Waals surface area contributed by atoms with Gasteiger partial charge in [0.15, 0.2) is 0 Å². The Morgan fingerprint density at radius 1 is 0.483 bits per heavy atom. The summed E-state index contributed by atoms with van der Waals surface area (Å²) in [6, 6.07) is 27.9. The minimum absolute atomic E-state index is 0.0505. The van der Waals surface area contributed by atoms with Crippen molar-refractivity contribution in [2.45, 2.75) is 89.4 Å². The highest BCUT2D eigenvalue weighted by Gasteiger charge is 2.44. The lowest BCUT2D eigenvalue weighted by Gasteiger charge is -2.33. The van der Waals surface area contributed by atoms with Crippen LogP contribution in [0, 0.1) is 6.92 Å². The molecule has 0 N–H and O–H groups in total. The maximum absolute atomic E-state index is 7.85. The molecule has 6 rings (SSSR count). The van der Waals surface area contributed by atoms with Crippen LogP contribution in [-0.4, -0.2) is 80.3 Å². The van der Waals surface area contributed by atoms with Crippen LogP contribution in [-0.2, 0) is 39.3 Å². The normalized spacial score (nSPS) is 16.4. The van der Waals surface area contributed by atoms with Gasteiger partial charge in [0.1, 0.15) is 0 Å². The summed E-state index contributed by atoms with van der Waals surface area (Å²) in [6.45, 7) is 13.7. The van der Waals surface area contributed by atoms with Crippen LogP contribution >= 0.6 is 0 Å². The van der Waals surface area contributed by atoms with Crippen LogP contribution in [0.2, 0.25) is 0 Å². The summed E-state index contributed by atoms with van der Waals surface area (Å²) < 4.78 is 42.1. The molecule has 0 aliphatic heterocycles. The molecule has 2 aliphatic rings. The van der Waals surface area contributed by atoms with Crippen molar-refractivity contribution in [3.63, 3.8) is 0 Å². The van der Waals surface area contributed by atoms with Crippen LogP contribution in [0.3, 0.4) is 0 Å². The first-order valence-electron chi connectivity index (χ1n) is 23.1. The Morgan fingerprint density at radius 2 is 0.900 bits per heavy atom. The third kappa shape index (κ3) is 10.6. The molecule has 4 aromatic rings. The van der Waals surface area contributed by atoms with E-state index in [1.54, 1.807) is 14.2 Å². The highest BCUT2D eigenvalue weighted by Crippen LogP contribution is 2.55. The zero-order valence-electron chi connectivity index (χ0n) is 38.1. The van der Waals surface area contributed by atoms with E-state index in [0.29, 0.717) is 66.1 Å². The van der Waals surface area contributed by atoms with Crippen LogP contribution in [0.25, 0.3) is 40.5 Å². The van der Waals surface area contributed by atoms with Crippen molar-refractivity contribution in [3.8, 4) is 22.3 Å². The fraction of sp³-hybridized carbons (Fsp3) is 0.481. The lowest BCUT2D eigenvalue weighted by Crippen LogP contribution is -2.30. The van der Waals surface area contributed by atoms with Crippen molar-refractivity contribution in [2.75, 3.05) is 80.3 Å². The Morgan fingerprint density at radius 3 is 1.40 bits per heavy atom. The van der Waals surface area contributed by atoms with Gasteiger partial charge in [-0.3, -0.25) is 0 Å². The molecular formula is C54H70O6. The molecule has 6 nitrogen and oxygen atoms in total. The lowest BCUT2D eigenvalue weighted by molar-refractivity contribution is 0.0145. The van der Waals surface area contributed by atoms with Crippen LogP contribution in [0.5, 0.6) is 0 Å². The van der Waals surface area contributed by atoms with Crippen LogP contribution in [0.15, 0.2) is 79.4 Å². The van der Waals surface area contributed by atoms with E-state index in [1.165, 1.54) is 113 Å². The molecule has 0 aromatic heterocycles. The molecule has 0 saturated carbocycles. The smallest absolute Gasteiger partial charge is 0.0701 e.